The van der Waals surface area contributed by atoms with Gasteiger partial charge in [0.1, 0.15) is 6.17 Å². The van der Waals surface area contributed by atoms with E-state index in [1.165, 1.54) is 4.90 Å². The lowest BCUT2D eigenvalue weighted by atomic mass is 10.1. The minimum atomic E-state index is -0.134. The van der Waals surface area contributed by atoms with Crippen molar-refractivity contribution in [2.24, 2.45) is 5.92 Å². The second kappa shape index (κ2) is 7.29. The van der Waals surface area contributed by atoms with Crippen molar-refractivity contribution in [1.82, 2.24) is 10.2 Å². The Hall–Kier alpha value is -1.04. The molecule has 1 fully saturated rings. The number of carbonyl (C=O) groups is 1. The summed E-state index contributed by atoms with van der Waals surface area (Å²) >= 11 is 1.72. The third-order valence-electron chi connectivity index (χ3n) is 3.76. The van der Waals surface area contributed by atoms with Gasteiger partial charge in [-0.05, 0) is 36.8 Å². The summed E-state index contributed by atoms with van der Waals surface area (Å²) in [4.78, 5) is 15.5. The van der Waals surface area contributed by atoms with E-state index in [0.29, 0.717) is 19.1 Å². The number of benzene rings is 1. The number of methoxy groups -OCH3 is 1. The number of thioether (sulfide) groups is 1. The van der Waals surface area contributed by atoms with Gasteiger partial charge in [-0.15, -0.1) is 11.8 Å². The summed E-state index contributed by atoms with van der Waals surface area (Å²) in [6.45, 7) is 5.40. The third-order valence-corrected chi connectivity index (χ3v) is 4.51. The van der Waals surface area contributed by atoms with E-state index in [1.54, 1.807) is 18.9 Å². The maximum absolute atomic E-state index is 12.4. The molecule has 1 amide bonds. The van der Waals surface area contributed by atoms with Crippen molar-refractivity contribution in [3.8, 4) is 0 Å². The van der Waals surface area contributed by atoms with E-state index in [9.17, 15) is 4.79 Å². The van der Waals surface area contributed by atoms with E-state index in [0.717, 1.165) is 5.56 Å². The fourth-order valence-electron chi connectivity index (χ4n) is 2.70. The summed E-state index contributed by atoms with van der Waals surface area (Å²) in [6.07, 6.45) is 2.02. The minimum absolute atomic E-state index is 0.0392. The number of hydrogen-bond donors (Lipinski definition) is 1. The zero-order valence-electron chi connectivity index (χ0n) is 13.1. The van der Waals surface area contributed by atoms with E-state index in [1.807, 2.05) is 11.8 Å². The maximum atomic E-state index is 12.4. The summed E-state index contributed by atoms with van der Waals surface area (Å²) in [7, 11) is 1.70. The van der Waals surface area contributed by atoms with Crippen LogP contribution in [0.4, 0.5) is 0 Å². The quantitative estimate of drug-likeness (QED) is 0.820. The largest absolute Gasteiger partial charge is 0.384 e. The van der Waals surface area contributed by atoms with Crippen molar-refractivity contribution in [3.05, 3.63) is 29.8 Å². The first-order chi connectivity index (χ1) is 10.1. The Balaban J connectivity index is 2.16. The Labute approximate surface area is 131 Å². The monoisotopic (exact) mass is 308 g/mol. The van der Waals surface area contributed by atoms with Crippen LogP contribution in [0.2, 0.25) is 0 Å². The molecule has 3 unspecified atom stereocenters. The van der Waals surface area contributed by atoms with Gasteiger partial charge in [0.25, 0.3) is 0 Å². The molecule has 1 aliphatic rings. The van der Waals surface area contributed by atoms with Gasteiger partial charge in [-0.25, -0.2) is 0 Å². The molecule has 1 aromatic rings. The van der Waals surface area contributed by atoms with E-state index in [-0.39, 0.29) is 18.1 Å². The van der Waals surface area contributed by atoms with Crippen molar-refractivity contribution in [3.63, 3.8) is 0 Å². The zero-order valence-corrected chi connectivity index (χ0v) is 13.9. The Bertz CT molecular complexity index is 478. The van der Waals surface area contributed by atoms with Crippen LogP contribution in [0.3, 0.4) is 0 Å². The smallest absolute Gasteiger partial charge is 0.241 e. The first-order valence-corrected chi connectivity index (χ1v) is 8.48. The van der Waals surface area contributed by atoms with Crippen molar-refractivity contribution in [2.45, 2.75) is 31.0 Å². The molecule has 0 radical (unpaired) electrons. The summed E-state index contributed by atoms with van der Waals surface area (Å²) in [6, 6.07) is 8.27. The van der Waals surface area contributed by atoms with Gasteiger partial charge in [0.15, 0.2) is 0 Å². The van der Waals surface area contributed by atoms with E-state index < -0.39 is 0 Å². The van der Waals surface area contributed by atoms with Crippen LogP contribution in [0.5, 0.6) is 0 Å². The predicted molar refractivity (Wildman–Crippen MR) is 86.3 cm³/mol. The van der Waals surface area contributed by atoms with Gasteiger partial charge >= 0.3 is 0 Å². The molecule has 1 saturated heterocycles. The van der Waals surface area contributed by atoms with Crippen LogP contribution < -0.4 is 5.32 Å². The predicted octanol–water partition coefficient (Wildman–Crippen LogP) is 2.51. The van der Waals surface area contributed by atoms with Crippen LogP contribution >= 0.6 is 11.8 Å². The Morgan fingerprint density at radius 1 is 1.38 bits per heavy atom. The minimum Gasteiger partial charge on any atom is -0.384 e. The standard InChI is InChI=1S/C16H24N2O2S/c1-11(10-20-3)9-18-15(17-12(2)16(18)19)13-5-7-14(21-4)8-6-13/h5-8,11-12,15,17H,9-10H2,1-4H3. The highest BCUT2D eigenvalue weighted by Crippen LogP contribution is 2.27. The van der Waals surface area contributed by atoms with Gasteiger partial charge in [0, 0.05) is 18.6 Å². The Kier molecular flexibility index (Phi) is 5.67. The highest BCUT2D eigenvalue weighted by Gasteiger charge is 2.37. The van der Waals surface area contributed by atoms with Crippen molar-refractivity contribution in [1.29, 1.82) is 0 Å². The molecular weight excluding hydrogens is 284 g/mol. The summed E-state index contributed by atoms with van der Waals surface area (Å²) in [5.74, 6) is 0.482. The van der Waals surface area contributed by atoms with Gasteiger partial charge in [-0.2, -0.15) is 0 Å². The highest BCUT2D eigenvalue weighted by atomic mass is 32.2. The number of hydrogen-bond acceptors (Lipinski definition) is 4. The SMILES string of the molecule is COCC(C)CN1C(=O)C(C)NC1c1ccc(SC)cc1. The molecule has 0 bridgehead atoms. The molecule has 21 heavy (non-hydrogen) atoms. The number of ether oxygens (including phenoxy) is 1. The molecule has 0 saturated carbocycles. The third kappa shape index (κ3) is 3.78. The van der Waals surface area contributed by atoms with Crippen molar-refractivity contribution < 1.29 is 9.53 Å². The molecule has 2 rings (SSSR count). The molecular formula is C16H24N2O2S. The molecule has 0 aliphatic carbocycles. The summed E-state index contributed by atoms with van der Waals surface area (Å²) < 4.78 is 5.19. The molecule has 1 aromatic carbocycles. The van der Waals surface area contributed by atoms with E-state index in [4.69, 9.17) is 4.74 Å². The fraction of sp³-hybridized carbons (Fsp3) is 0.562. The topological polar surface area (TPSA) is 41.6 Å². The summed E-state index contributed by atoms with van der Waals surface area (Å²) in [5.41, 5.74) is 1.13. The van der Waals surface area contributed by atoms with Crippen LogP contribution in [0.1, 0.15) is 25.6 Å². The lowest BCUT2D eigenvalue weighted by Crippen LogP contribution is -2.35. The van der Waals surface area contributed by atoms with Crippen molar-refractivity contribution in [2.75, 3.05) is 26.5 Å². The second-order valence-corrected chi connectivity index (χ2v) is 6.49. The van der Waals surface area contributed by atoms with Gasteiger partial charge < -0.3 is 9.64 Å². The summed E-state index contributed by atoms with van der Waals surface area (Å²) in [5, 5.41) is 3.38. The lowest BCUT2D eigenvalue weighted by Gasteiger charge is -2.27. The van der Waals surface area contributed by atoms with Gasteiger partial charge in [0.2, 0.25) is 5.91 Å². The zero-order chi connectivity index (χ0) is 15.4. The van der Waals surface area contributed by atoms with Crippen molar-refractivity contribution >= 4 is 17.7 Å². The van der Waals surface area contributed by atoms with E-state index >= 15 is 0 Å². The van der Waals surface area contributed by atoms with Crippen LogP contribution in [0.25, 0.3) is 0 Å². The molecule has 1 heterocycles. The average molecular weight is 308 g/mol. The molecule has 4 nitrogen and oxygen atoms in total. The maximum Gasteiger partial charge on any atom is 0.241 e. The van der Waals surface area contributed by atoms with E-state index in [2.05, 4.69) is 42.8 Å². The average Bonchev–Trinajstić information content (AvgIpc) is 2.76. The normalized spacial score (nSPS) is 23.6. The van der Waals surface area contributed by atoms with Crippen LogP contribution in [-0.4, -0.2) is 43.4 Å². The number of nitrogens with one attached hydrogen (secondary N) is 1. The Morgan fingerprint density at radius 2 is 2.05 bits per heavy atom. The van der Waals surface area contributed by atoms with Gasteiger partial charge in [-0.3, -0.25) is 10.1 Å². The Morgan fingerprint density at radius 3 is 2.62 bits per heavy atom. The molecule has 1 aliphatic heterocycles. The first kappa shape index (κ1) is 16.3. The molecule has 0 spiro atoms. The number of nitrogens with zero attached hydrogens (tertiary/aromatic N) is 1. The second-order valence-electron chi connectivity index (χ2n) is 5.62. The van der Waals surface area contributed by atoms with Gasteiger partial charge in [-0.1, -0.05) is 19.1 Å². The van der Waals surface area contributed by atoms with Crippen LogP contribution in [0, 0.1) is 5.92 Å². The first-order valence-electron chi connectivity index (χ1n) is 7.26. The molecule has 3 atom stereocenters. The highest BCUT2D eigenvalue weighted by molar-refractivity contribution is 7.98. The van der Waals surface area contributed by atoms with Crippen LogP contribution in [0.15, 0.2) is 29.2 Å². The number of amides is 1. The molecule has 0 aromatic heterocycles. The molecule has 5 heteroatoms. The fourth-order valence-corrected chi connectivity index (χ4v) is 3.11. The lowest BCUT2D eigenvalue weighted by molar-refractivity contribution is -0.130. The molecule has 1 N–H and O–H groups in total. The van der Waals surface area contributed by atoms with Crippen LogP contribution in [-0.2, 0) is 9.53 Å². The van der Waals surface area contributed by atoms with Gasteiger partial charge in [0.05, 0.1) is 12.6 Å². The molecule has 116 valence electrons. The number of rotatable bonds is 6. The number of carbonyl (C=O) groups excluding carboxylic acids is 1.